The maximum absolute atomic E-state index is 4.52. The van der Waals surface area contributed by atoms with E-state index in [2.05, 4.69) is 30.8 Å². The first kappa shape index (κ1) is 5.16. The summed E-state index contributed by atoms with van der Waals surface area (Å²) >= 11 is 0. The molecule has 0 aromatic carbocycles. The van der Waals surface area contributed by atoms with E-state index in [-0.39, 0.29) is 0 Å². The Morgan fingerprint density at radius 1 is 1.30 bits per heavy atom. The first-order valence-electron chi connectivity index (χ1n) is 2.56. The second-order valence-corrected chi connectivity index (χ2v) is 1.63. The fourth-order valence-electron chi connectivity index (χ4n) is 0.581. The first-order valence-corrected chi connectivity index (χ1v) is 2.56. The van der Waals surface area contributed by atoms with E-state index in [1.807, 2.05) is 0 Å². The van der Waals surface area contributed by atoms with E-state index in [0.717, 1.165) is 0 Å². The van der Waals surface area contributed by atoms with Crippen LogP contribution in [0.4, 0.5) is 0 Å². The van der Waals surface area contributed by atoms with Gasteiger partial charge in [-0.25, -0.2) is 0 Å². The number of aromatic nitrogens is 3. The van der Waals surface area contributed by atoms with Crippen molar-refractivity contribution in [3.63, 3.8) is 0 Å². The topological polar surface area (TPSA) is 65.0 Å². The van der Waals surface area contributed by atoms with Crippen LogP contribution in [0.25, 0.3) is 11.3 Å². The van der Waals surface area contributed by atoms with Crippen LogP contribution in [0, 0.1) is 6.20 Å². The summed E-state index contributed by atoms with van der Waals surface area (Å²) in [5.74, 6) is 0. The van der Waals surface area contributed by atoms with Gasteiger partial charge in [0.15, 0.2) is 6.26 Å². The Labute approximate surface area is 55.6 Å². The zero-order valence-corrected chi connectivity index (χ0v) is 4.81. The van der Waals surface area contributed by atoms with Gasteiger partial charge >= 0.3 is 0 Å². The molecule has 2 rings (SSSR count). The van der Waals surface area contributed by atoms with E-state index < -0.39 is 0 Å². The van der Waals surface area contributed by atoms with Crippen LogP contribution in [0.15, 0.2) is 21.6 Å². The molecule has 0 fully saturated rings. The van der Waals surface area contributed by atoms with Gasteiger partial charge in [-0.1, -0.05) is 5.16 Å². The highest BCUT2D eigenvalue weighted by Crippen LogP contribution is 2.12. The van der Waals surface area contributed by atoms with E-state index in [1.165, 1.54) is 12.5 Å². The molecule has 0 aliphatic carbocycles. The number of nitrogens with zero attached hydrogens (tertiary/aromatic N) is 3. The molecule has 0 amide bonds. The largest absolute Gasteiger partial charge is 0.363 e. The van der Waals surface area contributed by atoms with Crippen LogP contribution in [-0.2, 0) is 0 Å². The third-order valence-electron chi connectivity index (χ3n) is 1.03. The Balaban J connectivity index is 2.48. The quantitative estimate of drug-likeness (QED) is 0.571. The van der Waals surface area contributed by atoms with Gasteiger partial charge in [0.25, 0.3) is 0 Å². The Bertz CT molecular complexity index is 254. The molecule has 49 valence electrons. The average molecular weight is 136 g/mol. The van der Waals surface area contributed by atoms with Crippen LogP contribution in [0.2, 0.25) is 0 Å². The van der Waals surface area contributed by atoms with E-state index in [4.69, 9.17) is 0 Å². The van der Waals surface area contributed by atoms with Gasteiger partial charge in [-0.2, -0.15) is 0 Å². The molecule has 2 aromatic rings. The molecule has 0 saturated heterocycles. The lowest BCUT2D eigenvalue weighted by Gasteiger charge is -1.75. The summed E-state index contributed by atoms with van der Waals surface area (Å²) in [4.78, 5) is 0. The molecule has 5 heteroatoms. The Morgan fingerprint density at radius 2 is 2.30 bits per heavy atom. The van der Waals surface area contributed by atoms with Crippen molar-refractivity contribution in [3.05, 3.63) is 18.7 Å². The summed E-state index contributed by atoms with van der Waals surface area (Å²) in [5, 5.41) is 10.2. The Kier molecular flexibility index (Phi) is 1.00. The molecule has 0 aliphatic rings. The van der Waals surface area contributed by atoms with Crippen LogP contribution in [0.1, 0.15) is 0 Å². The minimum atomic E-state index is 0.571. The number of hydrogen-bond acceptors (Lipinski definition) is 5. The number of rotatable bonds is 1. The molecule has 0 spiro atoms. The molecule has 2 aromatic heterocycles. The zero-order valence-electron chi connectivity index (χ0n) is 4.81. The molecule has 2 heterocycles. The fourth-order valence-corrected chi connectivity index (χ4v) is 0.581. The molecule has 0 unspecified atom stereocenters. The Morgan fingerprint density at radius 3 is 2.90 bits per heavy atom. The molecule has 0 bridgehead atoms. The van der Waals surface area contributed by atoms with Crippen molar-refractivity contribution in [3.8, 4) is 11.3 Å². The van der Waals surface area contributed by atoms with E-state index in [9.17, 15) is 0 Å². The summed E-state index contributed by atoms with van der Waals surface area (Å²) in [6.45, 7) is 0. The van der Waals surface area contributed by atoms with Crippen molar-refractivity contribution in [2.45, 2.75) is 0 Å². The number of hydrogen-bond donors (Lipinski definition) is 0. The SMILES string of the molecule is [c]1nocc1-c1conn1. The van der Waals surface area contributed by atoms with Crippen LogP contribution in [0.3, 0.4) is 0 Å². The second-order valence-electron chi connectivity index (χ2n) is 1.63. The van der Waals surface area contributed by atoms with Crippen molar-refractivity contribution < 1.29 is 9.05 Å². The van der Waals surface area contributed by atoms with Gasteiger partial charge in [0.1, 0.15) is 18.2 Å². The van der Waals surface area contributed by atoms with E-state index >= 15 is 0 Å². The van der Waals surface area contributed by atoms with Gasteiger partial charge < -0.3 is 9.05 Å². The zero-order chi connectivity index (χ0) is 6.81. The van der Waals surface area contributed by atoms with Crippen molar-refractivity contribution in [2.75, 3.05) is 0 Å². The summed E-state index contributed by atoms with van der Waals surface area (Å²) in [6, 6.07) is 0. The predicted molar refractivity (Wildman–Crippen MR) is 28.6 cm³/mol. The molecule has 0 atom stereocenters. The van der Waals surface area contributed by atoms with E-state index in [0.29, 0.717) is 11.3 Å². The third-order valence-corrected chi connectivity index (χ3v) is 1.03. The normalized spacial score (nSPS) is 10.0. The van der Waals surface area contributed by atoms with Crippen molar-refractivity contribution in [1.29, 1.82) is 0 Å². The first-order chi connectivity index (χ1) is 4.97. The third kappa shape index (κ3) is 0.680. The van der Waals surface area contributed by atoms with Crippen LogP contribution in [0.5, 0.6) is 0 Å². The highest BCUT2D eigenvalue weighted by molar-refractivity contribution is 5.52. The van der Waals surface area contributed by atoms with Crippen molar-refractivity contribution in [2.24, 2.45) is 0 Å². The molecule has 10 heavy (non-hydrogen) atoms. The molecule has 0 N–H and O–H groups in total. The van der Waals surface area contributed by atoms with Gasteiger partial charge in [-0.15, -0.1) is 5.10 Å². The molecular formula is C5H2N3O2. The molecule has 1 radical (unpaired) electrons. The maximum Gasteiger partial charge on any atom is 0.152 e. The standard InChI is InChI=1S/C5H2N3O2/c1-4(2-9-6-1)5-3-10-8-7-5/h2-3H. The highest BCUT2D eigenvalue weighted by atomic mass is 16.5. The monoisotopic (exact) mass is 136 g/mol. The summed E-state index contributed by atoms with van der Waals surface area (Å²) in [5.41, 5.74) is 1.21. The summed E-state index contributed by atoms with van der Waals surface area (Å²) in [6.07, 6.45) is 5.37. The Hall–Kier alpha value is -1.65. The van der Waals surface area contributed by atoms with Gasteiger partial charge in [0.05, 0.1) is 5.56 Å². The van der Waals surface area contributed by atoms with Gasteiger partial charge in [-0.3, -0.25) is 0 Å². The molecule has 0 aliphatic heterocycles. The van der Waals surface area contributed by atoms with Crippen molar-refractivity contribution in [1.82, 2.24) is 15.5 Å². The fraction of sp³-hybridized carbons (Fsp3) is 0. The lowest BCUT2D eigenvalue weighted by molar-refractivity contribution is 0.393. The second kappa shape index (κ2) is 1.94. The van der Waals surface area contributed by atoms with Crippen LogP contribution in [-0.4, -0.2) is 15.5 Å². The highest BCUT2D eigenvalue weighted by Gasteiger charge is 2.03. The summed E-state index contributed by atoms with van der Waals surface area (Å²) in [7, 11) is 0. The summed E-state index contributed by atoms with van der Waals surface area (Å²) < 4.78 is 9.01. The van der Waals surface area contributed by atoms with Crippen LogP contribution >= 0.6 is 0 Å². The lowest BCUT2D eigenvalue weighted by Crippen LogP contribution is -1.71. The average Bonchev–Trinajstić information content (AvgIpc) is 2.59. The van der Waals surface area contributed by atoms with Crippen LogP contribution < -0.4 is 0 Å². The minimum absolute atomic E-state index is 0.571. The minimum Gasteiger partial charge on any atom is -0.363 e. The lowest BCUT2D eigenvalue weighted by atomic mass is 10.3. The molecule has 0 saturated carbocycles. The smallest absolute Gasteiger partial charge is 0.152 e. The predicted octanol–water partition coefficient (Wildman–Crippen LogP) is 0.525. The molecular weight excluding hydrogens is 134 g/mol. The van der Waals surface area contributed by atoms with Gasteiger partial charge in [0, 0.05) is 5.27 Å². The van der Waals surface area contributed by atoms with Gasteiger partial charge in [0.2, 0.25) is 0 Å². The van der Waals surface area contributed by atoms with Crippen molar-refractivity contribution >= 4 is 0 Å². The van der Waals surface area contributed by atoms with Gasteiger partial charge in [-0.05, 0) is 0 Å². The maximum atomic E-state index is 4.52. The molecule has 5 nitrogen and oxygen atoms in total. The van der Waals surface area contributed by atoms with E-state index in [1.54, 1.807) is 0 Å².